The van der Waals surface area contributed by atoms with E-state index in [1.165, 1.54) is 24.7 Å². The van der Waals surface area contributed by atoms with Crippen LogP contribution in [0.25, 0.3) is 5.70 Å². The molecule has 1 aromatic carbocycles. The molecule has 218 valence electrons. The molecule has 1 saturated carbocycles. The molecule has 6 N–H and O–H groups in total. The van der Waals surface area contributed by atoms with Crippen LogP contribution < -0.4 is 22.1 Å². The van der Waals surface area contributed by atoms with Crippen molar-refractivity contribution in [2.24, 2.45) is 16.5 Å². The van der Waals surface area contributed by atoms with E-state index in [1.807, 2.05) is 4.90 Å². The van der Waals surface area contributed by atoms with Crippen molar-refractivity contribution in [1.82, 2.24) is 15.5 Å². The van der Waals surface area contributed by atoms with Gasteiger partial charge in [0.05, 0.1) is 43.4 Å². The predicted molar refractivity (Wildman–Crippen MR) is 142 cm³/mol. The van der Waals surface area contributed by atoms with E-state index < -0.39 is 11.7 Å². The maximum Gasteiger partial charge on any atom is 0.416 e. The van der Waals surface area contributed by atoms with Crippen LogP contribution in [0.3, 0.4) is 0 Å². The number of halogens is 3. The summed E-state index contributed by atoms with van der Waals surface area (Å²) in [6.07, 6.45) is 1.28. The van der Waals surface area contributed by atoms with Gasteiger partial charge < -0.3 is 31.6 Å². The SMILES string of the molecule is CCOC(=O)COC1CCC(NC(=O)CN(CCN)CCN=CN/C(=C\N)c2ccc(C(F)(F)F)cc2)CC1. The number of ether oxygens (including phenoxy) is 2. The fourth-order valence-electron chi connectivity index (χ4n) is 4.14. The van der Waals surface area contributed by atoms with Gasteiger partial charge in [0.25, 0.3) is 0 Å². The number of nitrogens with one attached hydrogen (secondary N) is 2. The Morgan fingerprint density at radius 3 is 2.44 bits per heavy atom. The molecular formula is C26H39F3N6O4. The number of alkyl halides is 3. The third-order valence-electron chi connectivity index (χ3n) is 6.14. The van der Waals surface area contributed by atoms with Gasteiger partial charge in [-0.05, 0) is 50.3 Å². The van der Waals surface area contributed by atoms with Crippen molar-refractivity contribution in [2.75, 3.05) is 45.9 Å². The van der Waals surface area contributed by atoms with Gasteiger partial charge in [0, 0.05) is 31.9 Å². The molecule has 0 atom stereocenters. The van der Waals surface area contributed by atoms with Gasteiger partial charge in [-0.1, -0.05) is 12.1 Å². The number of carbonyl (C=O) groups is 2. The number of hydrogen-bond acceptors (Lipinski definition) is 8. The van der Waals surface area contributed by atoms with Crippen molar-refractivity contribution < 1.29 is 32.2 Å². The molecule has 1 amide bonds. The number of aliphatic imine (C=N–C) groups is 1. The molecule has 0 spiro atoms. The van der Waals surface area contributed by atoms with Crippen molar-refractivity contribution in [3.8, 4) is 0 Å². The van der Waals surface area contributed by atoms with E-state index in [1.54, 1.807) is 6.92 Å². The largest absolute Gasteiger partial charge is 0.464 e. The van der Waals surface area contributed by atoms with Crippen LogP contribution in [0.1, 0.15) is 43.7 Å². The fourth-order valence-corrected chi connectivity index (χ4v) is 4.14. The van der Waals surface area contributed by atoms with Gasteiger partial charge in [0.15, 0.2) is 0 Å². The van der Waals surface area contributed by atoms with Crippen molar-refractivity contribution in [3.05, 3.63) is 41.6 Å². The van der Waals surface area contributed by atoms with E-state index in [0.29, 0.717) is 44.0 Å². The molecular weight excluding hydrogens is 517 g/mol. The van der Waals surface area contributed by atoms with Crippen LogP contribution in [0.4, 0.5) is 13.2 Å². The standard InChI is InChI=1S/C26H39F3N6O4/c1-2-38-25(37)17-39-22-9-7-21(8-10-22)34-24(36)16-35(13-11-30)14-12-32-18-33-23(15-31)19-3-5-20(6-4-19)26(27,28)29/h3-6,15,18,21-22H,2,7-14,16-17,30-31H2,1H3,(H,32,33)(H,34,36)/b23-15-. The maximum atomic E-state index is 12.8. The number of nitrogens with zero attached hydrogens (tertiary/aromatic N) is 2. The lowest BCUT2D eigenvalue weighted by molar-refractivity contribution is -0.151. The highest BCUT2D eigenvalue weighted by atomic mass is 19.4. The first kappa shape index (κ1) is 32.1. The van der Waals surface area contributed by atoms with Crippen molar-refractivity contribution in [2.45, 2.75) is 50.9 Å². The Morgan fingerprint density at radius 1 is 1.15 bits per heavy atom. The average molecular weight is 557 g/mol. The summed E-state index contributed by atoms with van der Waals surface area (Å²) in [5.41, 5.74) is 11.5. The van der Waals surface area contributed by atoms with Crippen LogP contribution in [0.5, 0.6) is 0 Å². The van der Waals surface area contributed by atoms with Crippen LogP contribution >= 0.6 is 0 Å². The zero-order valence-corrected chi connectivity index (χ0v) is 22.2. The highest BCUT2D eigenvalue weighted by Gasteiger charge is 2.30. The quantitative estimate of drug-likeness (QED) is 0.146. The first-order chi connectivity index (χ1) is 18.7. The molecule has 0 aromatic heterocycles. The van der Waals surface area contributed by atoms with Gasteiger partial charge in [-0.3, -0.25) is 14.7 Å². The Hall–Kier alpha value is -3.16. The lowest BCUT2D eigenvalue weighted by Crippen LogP contribution is -2.45. The lowest BCUT2D eigenvalue weighted by Gasteiger charge is -2.29. The summed E-state index contributed by atoms with van der Waals surface area (Å²) in [5.74, 6) is -0.472. The number of benzene rings is 1. The normalized spacial score (nSPS) is 18.4. The van der Waals surface area contributed by atoms with Gasteiger partial charge in [-0.15, -0.1) is 0 Å². The minimum Gasteiger partial charge on any atom is -0.464 e. The molecule has 1 aromatic rings. The summed E-state index contributed by atoms with van der Waals surface area (Å²) in [4.78, 5) is 30.2. The van der Waals surface area contributed by atoms with E-state index in [4.69, 9.17) is 20.9 Å². The minimum atomic E-state index is -4.41. The number of rotatable bonds is 15. The third kappa shape index (κ3) is 12.1. The number of esters is 1. The minimum absolute atomic E-state index is 0.0170. The van der Waals surface area contributed by atoms with Crippen LogP contribution in [-0.2, 0) is 25.2 Å². The molecule has 0 aliphatic heterocycles. The van der Waals surface area contributed by atoms with E-state index in [-0.39, 0.29) is 37.2 Å². The Labute approximate surface area is 227 Å². The summed E-state index contributed by atoms with van der Waals surface area (Å²) in [5, 5.41) is 5.93. The zero-order valence-electron chi connectivity index (χ0n) is 22.2. The third-order valence-corrected chi connectivity index (χ3v) is 6.14. The van der Waals surface area contributed by atoms with Gasteiger partial charge in [0.2, 0.25) is 5.91 Å². The molecule has 1 aliphatic rings. The van der Waals surface area contributed by atoms with Crippen LogP contribution in [0, 0.1) is 0 Å². The Morgan fingerprint density at radius 2 is 1.85 bits per heavy atom. The summed E-state index contributed by atoms with van der Waals surface area (Å²) in [7, 11) is 0. The molecule has 1 fully saturated rings. The topological polar surface area (TPSA) is 144 Å². The first-order valence-corrected chi connectivity index (χ1v) is 13.0. The molecule has 0 saturated heterocycles. The first-order valence-electron chi connectivity index (χ1n) is 13.0. The summed E-state index contributed by atoms with van der Waals surface area (Å²) in [6, 6.07) is 4.67. The molecule has 2 rings (SSSR count). The molecule has 0 unspecified atom stereocenters. The molecule has 0 heterocycles. The lowest BCUT2D eigenvalue weighted by atomic mass is 9.93. The Kier molecular flexibility index (Phi) is 13.7. The fraction of sp³-hybridized carbons (Fsp3) is 0.577. The van der Waals surface area contributed by atoms with Crippen LogP contribution in [0.15, 0.2) is 35.5 Å². The molecule has 1 aliphatic carbocycles. The molecule has 0 bridgehead atoms. The second-order valence-electron chi connectivity index (χ2n) is 9.06. The highest BCUT2D eigenvalue weighted by molar-refractivity contribution is 5.78. The van der Waals surface area contributed by atoms with Crippen LogP contribution in [-0.4, -0.2) is 81.2 Å². The second-order valence-corrected chi connectivity index (χ2v) is 9.06. The monoisotopic (exact) mass is 556 g/mol. The van der Waals surface area contributed by atoms with E-state index in [2.05, 4.69) is 15.6 Å². The van der Waals surface area contributed by atoms with Crippen molar-refractivity contribution >= 4 is 23.9 Å². The van der Waals surface area contributed by atoms with E-state index in [0.717, 1.165) is 37.8 Å². The van der Waals surface area contributed by atoms with Crippen molar-refractivity contribution in [3.63, 3.8) is 0 Å². The molecule has 39 heavy (non-hydrogen) atoms. The van der Waals surface area contributed by atoms with E-state index >= 15 is 0 Å². The van der Waals surface area contributed by atoms with Gasteiger partial charge in [-0.25, -0.2) is 4.79 Å². The van der Waals surface area contributed by atoms with Gasteiger partial charge in [0.1, 0.15) is 6.61 Å². The highest BCUT2D eigenvalue weighted by Crippen LogP contribution is 2.29. The summed E-state index contributed by atoms with van der Waals surface area (Å²) in [6.45, 7) is 3.95. The van der Waals surface area contributed by atoms with Crippen LogP contribution in [0.2, 0.25) is 0 Å². The van der Waals surface area contributed by atoms with Crippen molar-refractivity contribution in [1.29, 1.82) is 0 Å². The van der Waals surface area contributed by atoms with E-state index in [9.17, 15) is 22.8 Å². The summed E-state index contributed by atoms with van der Waals surface area (Å²) >= 11 is 0. The number of hydrogen-bond donors (Lipinski definition) is 4. The molecule has 0 radical (unpaired) electrons. The molecule has 10 nitrogen and oxygen atoms in total. The van der Waals surface area contributed by atoms with Gasteiger partial charge >= 0.3 is 12.1 Å². The second kappa shape index (κ2) is 16.7. The van der Waals surface area contributed by atoms with Gasteiger partial charge in [-0.2, -0.15) is 13.2 Å². The predicted octanol–water partition coefficient (Wildman–Crippen LogP) is 1.85. The summed E-state index contributed by atoms with van der Waals surface area (Å²) < 4.78 is 48.7. The number of nitrogens with two attached hydrogens (primary N) is 2. The smallest absolute Gasteiger partial charge is 0.416 e. The average Bonchev–Trinajstić information content (AvgIpc) is 2.90. The Balaban J connectivity index is 1.72. The number of carbonyl (C=O) groups excluding carboxylic acids is 2. The Bertz CT molecular complexity index is 948. The number of amides is 1. The zero-order chi connectivity index (χ0) is 28.7. The maximum absolute atomic E-state index is 12.8. The molecule has 13 heteroatoms.